The van der Waals surface area contributed by atoms with Crippen LogP contribution in [0, 0.1) is 17.0 Å². The maximum absolute atomic E-state index is 11.9. The van der Waals surface area contributed by atoms with E-state index < -0.39 is 10.8 Å². The lowest BCUT2D eigenvalue weighted by Crippen LogP contribution is -2.17. The normalized spacial score (nSPS) is 10.6. The van der Waals surface area contributed by atoms with E-state index in [-0.39, 0.29) is 22.6 Å². The highest BCUT2D eigenvalue weighted by molar-refractivity contribution is 5.97. The van der Waals surface area contributed by atoms with E-state index in [2.05, 4.69) is 10.5 Å². The number of aryl methyl sites for hydroxylation is 1. The summed E-state index contributed by atoms with van der Waals surface area (Å²) in [5.74, 6) is -0.759. The minimum atomic E-state index is -0.604. The van der Waals surface area contributed by atoms with Gasteiger partial charge in [-0.25, -0.2) is 5.43 Å². The topological polar surface area (TPSA) is 105 Å². The zero-order valence-corrected chi connectivity index (χ0v) is 11.7. The van der Waals surface area contributed by atoms with Gasteiger partial charge in [-0.3, -0.25) is 14.9 Å². The minimum absolute atomic E-state index is 0.0744. The van der Waals surface area contributed by atoms with Crippen molar-refractivity contribution in [3.8, 4) is 5.75 Å². The minimum Gasteiger partial charge on any atom is -0.507 e. The first kappa shape index (κ1) is 15.2. The van der Waals surface area contributed by atoms with Crippen LogP contribution in [0.3, 0.4) is 0 Å². The summed E-state index contributed by atoms with van der Waals surface area (Å²) in [6.07, 6.45) is 1.18. The summed E-state index contributed by atoms with van der Waals surface area (Å²) in [6.45, 7) is 1.79. The summed E-state index contributed by atoms with van der Waals surface area (Å²) in [4.78, 5) is 22.2. The molecule has 0 radical (unpaired) electrons. The molecule has 22 heavy (non-hydrogen) atoms. The molecule has 0 aromatic heterocycles. The number of nitro groups is 1. The molecule has 112 valence electrons. The molecule has 0 aliphatic heterocycles. The van der Waals surface area contributed by atoms with Crippen molar-refractivity contribution >= 4 is 17.8 Å². The van der Waals surface area contributed by atoms with E-state index in [0.717, 1.165) is 5.56 Å². The molecule has 0 saturated carbocycles. The van der Waals surface area contributed by atoms with Gasteiger partial charge in [-0.05, 0) is 30.7 Å². The highest BCUT2D eigenvalue weighted by Crippen LogP contribution is 2.18. The lowest BCUT2D eigenvalue weighted by atomic mass is 10.1. The largest absolute Gasteiger partial charge is 0.507 e. The van der Waals surface area contributed by atoms with Gasteiger partial charge in [-0.2, -0.15) is 5.10 Å². The second-order valence-corrected chi connectivity index (χ2v) is 4.54. The van der Waals surface area contributed by atoms with Crippen LogP contribution in [0.5, 0.6) is 5.75 Å². The van der Waals surface area contributed by atoms with Gasteiger partial charge in [0.2, 0.25) is 0 Å². The van der Waals surface area contributed by atoms with Crippen molar-refractivity contribution < 1.29 is 14.8 Å². The molecule has 0 spiro atoms. The fraction of sp³-hybridized carbons (Fsp3) is 0.0667. The van der Waals surface area contributed by atoms with Crippen molar-refractivity contribution in [3.63, 3.8) is 0 Å². The molecule has 0 unspecified atom stereocenters. The number of phenolic OH excluding ortho intramolecular Hbond substituents is 1. The van der Waals surface area contributed by atoms with E-state index >= 15 is 0 Å². The predicted molar refractivity (Wildman–Crippen MR) is 81.0 cm³/mol. The maximum atomic E-state index is 11.9. The van der Waals surface area contributed by atoms with Gasteiger partial charge in [-0.15, -0.1) is 0 Å². The number of aromatic hydroxyl groups is 1. The Bertz CT molecular complexity index is 756. The number of hydrazone groups is 1. The number of para-hydroxylation sites is 1. The first-order chi connectivity index (χ1) is 10.5. The van der Waals surface area contributed by atoms with Crippen LogP contribution in [-0.2, 0) is 0 Å². The number of hydrogen-bond donors (Lipinski definition) is 2. The maximum Gasteiger partial charge on any atom is 0.278 e. The van der Waals surface area contributed by atoms with E-state index in [9.17, 15) is 20.0 Å². The Morgan fingerprint density at radius 2 is 2.05 bits per heavy atom. The van der Waals surface area contributed by atoms with Gasteiger partial charge in [0.05, 0.1) is 22.3 Å². The van der Waals surface area contributed by atoms with Crippen LogP contribution in [0.2, 0.25) is 0 Å². The van der Waals surface area contributed by atoms with Gasteiger partial charge in [-0.1, -0.05) is 18.2 Å². The molecule has 0 aliphatic carbocycles. The number of nitro benzene ring substituents is 1. The lowest BCUT2D eigenvalue weighted by molar-refractivity contribution is -0.385. The van der Waals surface area contributed by atoms with E-state index in [4.69, 9.17) is 0 Å². The van der Waals surface area contributed by atoms with Gasteiger partial charge in [0, 0.05) is 6.07 Å². The predicted octanol–water partition coefficient (Wildman–Crippen LogP) is 2.37. The quantitative estimate of drug-likeness (QED) is 0.513. The Balaban J connectivity index is 2.13. The Morgan fingerprint density at radius 1 is 1.32 bits per heavy atom. The second kappa shape index (κ2) is 6.49. The fourth-order valence-corrected chi connectivity index (χ4v) is 1.82. The molecule has 7 nitrogen and oxygen atoms in total. The van der Waals surface area contributed by atoms with Crippen molar-refractivity contribution in [2.45, 2.75) is 6.92 Å². The molecule has 2 rings (SSSR count). The van der Waals surface area contributed by atoms with E-state index in [1.54, 1.807) is 25.1 Å². The molecule has 7 heteroatoms. The number of nitrogens with one attached hydrogen (secondary N) is 1. The van der Waals surface area contributed by atoms with Crippen LogP contribution >= 0.6 is 0 Å². The summed E-state index contributed by atoms with van der Waals surface area (Å²) in [5, 5.41) is 24.2. The van der Waals surface area contributed by atoms with Crippen LogP contribution in [-0.4, -0.2) is 22.2 Å². The molecule has 0 heterocycles. The molecule has 2 N–H and O–H groups in total. The zero-order valence-electron chi connectivity index (χ0n) is 11.7. The molecule has 2 aromatic rings. The smallest absolute Gasteiger partial charge is 0.278 e. The van der Waals surface area contributed by atoms with Crippen LogP contribution in [0.1, 0.15) is 21.5 Å². The van der Waals surface area contributed by atoms with Crippen LogP contribution in [0.25, 0.3) is 0 Å². The Morgan fingerprint density at radius 3 is 2.73 bits per heavy atom. The fourth-order valence-electron chi connectivity index (χ4n) is 1.82. The Hall–Kier alpha value is -3.22. The number of hydrogen-bond acceptors (Lipinski definition) is 5. The van der Waals surface area contributed by atoms with Gasteiger partial charge >= 0.3 is 0 Å². The molecule has 1 amide bonds. The second-order valence-electron chi connectivity index (χ2n) is 4.54. The number of amides is 1. The summed E-state index contributed by atoms with van der Waals surface area (Å²) in [5.41, 5.74) is 3.27. The monoisotopic (exact) mass is 299 g/mol. The molecule has 0 bridgehead atoms. The number of nitrogens with zero attached hydrogens (tertiary/aromatic N) is 2. The van der Waals surface area contributed by atoms with Crippen molar-refractivity contribution in [3.05, 3.63) is 69.3 Å². The Kier molecular flexibility index (Phi) is 4.47. The van der Waals surface area contributed by atoms with E-state index in [0.29, 0.717) is 0 Å². The van der Waals surface area contributed by atoms with Crippen LogP contribution < -0.4 is 5.43 Å². The number of benzene rings is 2. The molecular weight excluding hydrogens is 286 g/mol. The van der Waals surface area contributed by atoms with Gasteiger partial charge in [0.1, 0.15) is 5.75 Å². The third-order valence-corrected chi connectivity index (χ3v) is 2.90. The number of rotatable bonds is 4. The summed E-state index contributed by atoms with van der Waals surface area (Å²) >= 11 is 0. The Labute approximate surface area is 126 Å². The highest BCUT2D eigenvalue weighted by atomic mass is 16.6. The standard InChI is InChI=1S/C15H13N3O4/c1-10-6-7-12(14(19)8-10)15(20)17-16-9-11-4-2-3-5-13(11)18(21)22/h2-9,19H,1H3,(H,17,20)/b16-9+. The van der Waals surface area contributed by atoms with Gasteiger partial charge < -0.3 is 5.11 Å². The zero-order chi connectivity index (χ0) is 16.1. The van der Waals surface area contributed by atoms with Crippen molar-refractivity contribution in [1.82, 2.24) is 5.43 Å². The molecule has 0 saturated heterocycles. The molecule has 0 aliphatic rings. The van der Waals surface area contributed by atoms with Gasteiger partial charge in [0.15, 0.2) is 0 Å². The third kappa shape index (κ3) is 3.45. The van der Waals surface area contributed by atoms with Crippen LogP contribution in [0.15, 0.2) is 47.6 Å². The third-order valence-electron chi connectivity index (χ3n) is 2.90. The number of phenols is 1. The first-order valence-electron chi connectivity index (χ1n) is 6.35. The number of carbonyl (C=O) groups excluding carboxylic acids is 1. The average molecular weight is 299 g/mol. The summed E-state index contributed by atoms with van der Waals surface area (Å²) < 4.78 is 0. The lowest BCUT2D eigenvalue weighted by Gasteiger charge is -2.03. The van der Waals surface area contributed by atoms with Crippen molar-refractivity contribution in [1.29, 1.82) is 0 Å². The van der Waals surface area contributed by atoms with E-state index in [1.165, 1.54) is 30.5 Å². The molecule has 2 aromatic carbocycles. The summed E-state index contributed by atoms with van der Waals surface area (Å²) in [7, 11) is 0. The molecule has 0 atom stereocenters. The van der Waals surface area contributed by atoms with Gasteiger partial charge in [0.25, 0.3) is 11.6 Å². The average Bonchev–Trinajstić information content (AvgIpc) is 2.47. The van der Waals surface area contributed by atoms with Crippen molar-refractivity contribution in [2.24, 2.45) is 5.10 Å². The van der Waals surface area contributed by atoms with Crippen LogP contribution in [0.4, 0.5) is 5.69 Å². The first-order valence-corrected chi connectivity index (χ1v) is 6.35. The molecular formula is C15H13N3O4. The molecule has 0 fully saturated rings. The van der Waals surface area contributed by atoms with Crippen molar-refractivity contribution in [2.75, 3.05) is 0 Å². The highest BCUT2D eigenvalue weighted by Gasteiger charge is 2.12. The summed E-state index contributed by atoms with van der Waals surface area (Å²) in [6, 6.07) is 10.6. The number of carbonyl (C=O) groups is 1. The van der Waals surface area contributed by atoms with E-state index in [1.807, 2.05) is 0 Å². The SMILES string of the molecule is Cc1ccc(C(=O)N/N=C/c2ccccc2[N+](=O)[O-])c(O)c1.